The van der Waals surface area contributed by atoms with Gasteiger partial charge in [-0.1, -0.05) is 0 Å². The number of nitrogens with zero attached hydrogens (tertiary/aromatic N) is 5. The van der Waals surface area contributed by atoms with Crippen molar-refractivity contribution in [2.75, 3.05) is 26.2 Å². The highest BCUT2D eigenvalue weighted by atomic mass is 32.2. The standard InChI is InChI=1S/C19H26N6O3S/c1-14-17(19(26)24-7-3-2-4-8-24)12-20-18(23-14)15-6-5-9-25(13-15)29(27,28)16-10-21-22-11-16/h10-12,15H,2-9,13H2,1H3,(H,21,22)/t15-/m1/s1. The third-order valence-corrected chi connectivity index (χ3v) is 7.56. The number of aryl methyl sites for hydroxylation is 1. The summed E-state index contributed by atoms with van der Waals surface area (Å²) in [7, 11) is -3.58. The Balaban J connectivity index is 1.51. The fourth-order valence-electron chi connectivity index (χ4n) is 4.06. The van der Waals surface area contributed by atoms with Gasteiger partial charge in [0.25, 0.3) is 5.91 Å². The summed E-state index contributed by atoms with van der Waals surface area (Å²) in [4.78, 5) is 23.9. The Morgan fingerprint density at radius 3 is 2.62 bits per heavy atom. The molecule has 2 fully saturated rings. The van der Waals surface area contributed by atoms with Crippen molar-refractivity contribution in [2.45, 2.75) is 49.8 Å². The van der Waals surface area contributed by atoms with Gasteiger partial charge in [-0.15, -0.1) is 0 Å². The van der Waals surface area contributed by atoms with Crippen LogP contribution in [0.5, 0.6) is 0 Å². The van der Waals surface area contributed by atoms with Gasteiger partial charge in [-0.25, -0.2) is 18.4 Å². The van der Waals surface area contributed by atoms with Crippen LogP contribution in [-0.4, -0.2) is 69.9 Å². The van der Waals surface area contributed by atoms with Crippen LogP contribution in [-0.2, 0) is 10.0 Å². The third kappa shape index (κ3) is 4.04. The fraction of sp³-hybridized carbons (Fsp3) is 0.579. The molecular formula is C19H26N6O3S. The molecule has 0 saturated carbocycles. The first-order chi connectivity index (χ1) is 14.0. The van der Waals surface area contributed by atoms with Crippen molar-refractivity contribution < 1.29 is 13.2 Å². The van der Waals surface area contributed by atoms with Crippen LogP contribution >= 0.6 is 0 Å². The zero-order valence-corrected chi connectivity index (χ0v) is 17.4. The summed E-state index contributed by atoms with van der Waals surface area (Å²) in [5, 5.41) is 6.30. The molecule has 156 valence electrons. The molecule has 2 aromatic rings. The lowest BCUT2D eigenvalue weighted by molar-refractivity contribution is 0.0722. The number of aromatic amines is 1. The van der Waals surface area contributed by atoms with Crippen molar-refractivity contribution in [3.05, 3.63) is 35.7 Å². The lowest BCUT2D eigenvalue weighted by Crippen LogP contribution is -2.39. The van der Waals surface area contributed by atoms with Crippen LogP contribution in [0.1, 0.15) is 59.9 Å². The highest BCUT2D eigenvalue weighted by molar-refractivity contribution is 7.89. The minimum atomic E-state index is -3.58. The summed E-state index contributed by atoms with van der Waals surface area (Å²) in [5.74, 6) is 0.495. The molecule has 1 N–H and O–H groups in total. The summed E-state index contributed by atoms with van der Waals surface area (Å²) in [5.41, 5.74) is 1.19. The number of aromatic nitrogens is 4. The largest absolute Gasteiger partial charge is 0.339 e. The van der Waals surface area contributed by atoms with Gasteiger partial charge in [-0.3, -0.25) is 9.89 Å². The topological polar surface area (TPSA) is 112 Å². The predicted molar refractivity (Wildman–Crippen MR) is 106 cm³/mol. The van der Waals surface area contributed by atoms with Gasteiger partial charge in [0.2, 0.25) is 10.0 Å². The summed E-state index contributed by atoms with van der Waals surface area (Å²) in [6, 6.07) is 0. The number of sulfonamides is 1. The lowest BCUT2D eigenvalue weighted by Gasteiger charge is -2.31. The molecule has 4 rings (SSSR count). The van der Waals surface area contributed by atoms with E-state index in [1.807, 2.05) is 11.8 Å². The average molecular weight is 419 g/mol. The van der Waals surface area contributed by atoms with E-state index in [9.17, 15) is 13.2 Å². The van der Waals surface area contributed by atoms with Gasteiger partial charge in [0.15, 0.2) is 0 Å². The van der Waals surface area contributed by atoms with Crippen molar-refractivity contribution in [1.82, 2.24) is 29.4 Å². The monoisotopic (exact) mass is 418 g/mol. The zero-order chi connectivity index (χ0) is 20.4. The van der Waals surface area contributed by atoms with E-state index >= 15 is 0 Å². The van der Waals surface area contributed by atoms with Crippen LogP contribution < -0.4 is 0 Å². The Morgan fingerprint density at radius 1 is 1.14 bits per heavy atom. The maximum atomic E-state index is 12.8. The summed E-state index contributed by atoms with van der Waals surface area (Å²) < 4.78 is 27.0. The molecule has 1 amide bonds. The smallest absolute Gasteiger partial charge is 0.257 e. The average Bonchev–Trinajstić information content (AvgIpc) is 3.30. The molecule has 10 heteroatoms. The molecule has 1 atom stereocenters. The van der Waals surface area contributed by atoms with Gasteiger partial charge in [-0.2, -0.15) is 9.40 Å². The van der Waals surface area contributed by atoms with Crippen LogP contribution in [0.25, 0.3) is 0 Å². The minimum absolute atomic E-state index is 0.0124. The van der Waals surface area contributed by atoms with Crippen LogP contribution in [0.4, 0.5) is 0 Å². The second-order valence-electron chi connectivity index (χ2n) is 7.72. The highest BCUT2D eigenvalue weighted by Gasteiger charge is 2.33. The molecule has 0 unspecified atom stereocenters. The first-order valence-corrected chi connectivity index (χ1v) is 11.5. The van der Waals surface area contributed by atoms with E-state index in [0.29, 0.717) is 30.2 Å². The number of rotatable bonds is 4. The van der Waals surface area contributed by atoms with Gasteiger partial charge in [0.1, 0.15) is 10.7 Å². The Morgan fingerprint density at radius 2 is 1.93 bits per heavy atom. The van der Waals surface area contributed by atoms with Crippen molar-refractivity contribution in [3.63, 3.8) is 0 Å². The minimum Gasteiger partial charge on any atom is -0.339 e. The second-order valence-corrected chi connectivity index (χ2v) is 9.65. The first-order valence-electron chi connectivity index (χ1n) is 10.1. The van der Waals surface area contributed by atoms with E-state index in [0.717, 1.165) is 45.2 Å². The molecular weight excluding hydrogens is 392 g/mol. The molecule has 9 nitrogen and oxygen atoms in total. The van der Waals surface area contributed by atoms with E-state index in [4.69, 9.17) is 0 Å². The Hall–Kier alpha value is -2.33. The van der Waals surface area contributed by atoms with Crippen LogP contribution in [0, 0.1) is 6.92 Å². The number of hydrogen-bond acceptors (Lipinski definition) is 6. The Kier molecular flexibility index (Phi) is 5.64. The van der Waals surface area contributed by atoms with Crippen molar-refractivity contribution >= 4 is 15.9 Å². The molecule has 0 radical (unpaired) electrons. The molecule has 0 spiro atoms. The molecule has 29 heavy (non-hydrogen) atoms. The molecule has 0 bridgehead atoms. The molecule has 0 aromatic carbocycles. The van der Waals surface area contributed by atoms with E-state index in [1.54, 1.807) is 6.20 Å². The zero-order valence-electron chi connectivity index (χ0n) is 16.5. The van der Waals surface area contributed by atoms with E-state index in [2.05, 4.69) is 20.2 Å². The predicted octanol–water partition coefficient (Wildman–Crippen LogP) is 1.70. The van der Waals surface area contributed by atoms with Crippen LogP contribution in [0.2, 0.25) is 0 Å². The van der Waals surface area contributed by atoms with Crippen LogP contribution in [0.3, 0.4) is 0 Å². The normalized spacial score (nSPS) is 21.3. The van der Waals surface area contributed by atoms with Crippen molar-refractivity contribution in [3.8, 4) is 0 Å². The SMILES string of the molecule is Cc1nc([C@@H]2CCCN(S(=O)(=O)c3cn[nH]c3)C2)ncc1C(=O)N1CCCCC1. The number of carbonyl (C=O) groups is 1. The number of piperidine rings is 2. The van der Waals surface area contributed by atoms with Gasteiger partial charge >= 0.3 is 0 Å². The van der Waals surface area contributed by atoms with Gasteiger partial charge in [0.05, 0.1) is 17.5 Å². The van der Waals surface area contributed by atoms with E-state index in [1.165, 1.54) is 16.7 Å². The number of likely N-dealkylation sites (tertiary alicyclic amines) is 1. The quantitative estimate of drug-likeness (QED) is 0.809. The number of nitrogens with one attached hydrogen (secondary N) is 1. The third-order valence-electron chi connectivity index (χ3n) is 5.73. The highest BCUT2D eigenvalue weighted by Crippen LogP contribution is 2.29. The summed E-state index contributed by atoms with van der Waals surface area (Å²) in [6.07, 6.45) is 9.10. The van der Waals surface area contributed by atoms with Crippen molar-refractivity contribution in [2.24, 2.45) is 0 Å². The lowest BCUT2D eigenvalue weighted by atomic mass is 9.98. The Labute approximate surface area is 170 Å². The second kappa shape index (κ2) is 8.19. The van der Waals surface area contributed by atoms with E-state index in [-0.39, 0.29) is 16.7 Å². The molecule has 2 saturated heterocycles. The molecule has 4 heterocycles. The number of amides is 1. The van der Waals surface area contributed by atoms with E-state index < -0.39 is 10.0 Å². The molecule has 2 aliphatic heterocycles. The maximum Gasteiger partial charge on any atom is 0.257 e. The summed E-state index contributed by atoms with van der Waals surface area (Å²) in [6.45, 7) is 4.18. The fourth-order valence-corrected chi connectivity index (χ4v) is 5.49. The van der Waals surface area contributed by atoms with Crippen LogP contribution in [0.15, 0.2) is 23.5 Å². The molecule has 2 aromatic heterocycles. The number of hydrogen-bond donors (Lipinski definition) is 1. The number of H-pyrrole nitrogens is 1. The number of carbonyl (C=O) groups excluding carboxylic acids is 1. The van der Waals surface area contributed by atoms with Crippen molar-refractivity contribution in [1.29, 1.82) is 0 Å². The molecule has 2 aliphatic rings. The Bertz CT molecular complexity index is 970. The first kappa shape index (κ1) is 20.0. The maximum absolute atomic E-state index is 12.8. The van der Waals surface area contributed by atoms with Gasteiger partial charge in [0, 0.05) is 44.5 Å². The molecule has 0 aliphatic carbocycles. The van der Waals surface area contributed by atoms with Gasteiger partial charge < -0.3 is 4.90 Å². The van der Waals surface area contributed by atoms with Gasteiger partial charge in [-0.05, 0) is 39.0 Å². The summed E-state index contributed by atoms with van der Waals surface area (Å²) >= 11 is 0.